The molecule has 0 fully saturated rings. The van der Waals surface area contributed by atoms with Crippen LogP contribution < -0.4 is 0 Å². The molecule has 0 aliphatic rings. The smallest absolute Gasteiger partial charge is 0.394 e. The molecule has 0 amide bonds. The minimum Gasteiger partial charge on any atom is -0.394 e. The van der Waals surface area contributed by atoms with E-state index >= 15 is 0 Å². The number of hydrogen-bond donors (Lipinski definition) is 2. The maximum absolute atomic E-state index is 11.1. The van der Waals surface area contributed by atoms with E-state index in [0.29, 0.717) is 0 Å². The molecule has 0 aromatic heterocycles. The number of ether oxygens (including phenoxy) is 1. The number of aliphatic hydroxyl groups excluding tert-OH is 2. The molecule has 0 bridgehead atoms. The zero-order valence-corrected chi connectivity index (χ0v) is 8.27. The van der Waals surface area contributed by atoms with Gasteiger partial charge in [-0.1, -0.05) is 0 Å². The molecule has 9 heteroatoms. The first kappa shape index (κ1) is 17.8. The summed E-state index contributed by atoms with van der Waals surface area (Å²) in [6, 6.07) is 0. The summed E-state index contributed by atoms with van der Waals surface area (Å²) in [5.74, 6) is 0. The monoisotopic (exact) mass is 258 g/mol. The molecule has 0 heterocycles. The Morgan fingerprint density at radius 1 is 1.00 bits per heavy atom. The summed E-state index contributed by atoms with van der Waals surface area (Å²) in [7, 11) is 0. The van der Waals surface area contributed by atoms with Gasteiger partial charge in [-0.3, -0.25) is 0 Å². The standard InChI is InChI=1S/C4H4F6O.C3H8O2/c5-3(6,7)1-11-2-4(8,9)10;1-3(5)2-4/h1-2H2;3-5H,2H2,1H3. The summed E-state index contributed by atoms with van der Waals surface area (Å²) in [6.07, 6.45) is -9.97. The van der Waals surface area contributed by atoms with E-state index in [0.717, 1.165) is 0 Å². The maximum atomic E-state index is 11.1. The third-order valence-electron chi connectivity index (χ3n) is 0.796. The van der Waals surface area contributed by atoms with Crippen molar-refractivity contribution >= 4 is 0 Å². The maximum Gasteiger partial charge on any atom is 0.411 e. The summed E-state index contributed by atoms with van der Waals surface area (Å²) in [6.45, 7) is -2.35. The van der Waals surface area contributed by atoms with Crippen LogP contribution in [0, 0.1) is 0 Å². The second-order valence-electron chi connectivity index (χ2n) is 2.75. The van der Waals surface area contributed by atoms with Gasteiger partial charge in [0.2, 0.25) is 0 Å². The van der Waals surface area contributed by atoms with Gasteiger partial charge in [0.15, 0.2) is 0 Å². The van der Waals surface area contributed by atoms with Crippen molar-refractivity contribution < 1.29 is 41.3 Å². The highest BCUT2D eigenvalue weighted by molar-refractivity contribution is 4.49. The molecular weight excluding hydrogens is 246 g/mol. The lowest BCUT2D eigenvalue weighted by atomic mass is 10.5. The molecule has 3 nitrogen and oxygen atoms in total. The molecule has 1 atom stereocenters. The number of alkyl halides is 6. The van der Waals surface area contributed by atoms with Gasteiger partial charge in [-0.2, -0.15) is 26.3 Å². The van der Waals surface area contributed by atoms with Crippen molar-refractivity contribution in [3.63, 3.8) is 0 Å². The third kappa shape index (κ3) is 23.4. The second-order valence-corrected chi connectivity index (χ2v) is 2.75. The molecular formula is C7H12F6O3. The average Bonchev–Trinajstić information content (AvgIpc) is 2.00. The Kier molecular flexibility index (Phi) is 8.57. The second kappa shape index (κ2) is 7.69. The van der Waals surface area contributed by atoms with Crippen molar-refractivity contribution in [1.82, 2.24) is 0 Å². The quantitative estimate of drug-likeness (QED) is 0.754. The average molecular weight is 258 g/mol. The first-order valence-electron chi connectivity index (χ1n) is 3.98. The normalized spacial score (nSPS) is 14.1. The van der Waals surface area contributed by atoms with Crippen LogP contribution in [0.15, 0.2) is 0 Å². The van der Waals surface area contributed by atoms with E-state index in [-0.39, 0.29) is 6.61 Å². The Morgan fingerprint density at radius 3 is 1.38 bits per heavy atom. The summed E-state index contributed by atoms with van der Waals surface area (Å²) in [4.78, 5) is 0. The SMILES string of the molecule is CC(O)CO.FC(F)(F)COCC(F)(F)F. The van der Waals surface area contributed by atoms with Gasteiger partial charge in [0.1, 0.15) is 13.2 Å². The van der Waals surface area contributed by atoms with Crippen molar-refractivity contribution in [3.05, 3.63) is 0 Å². The van der Waals surface area contributed by atoms with Crippen LogP contribution in [-0.4, -0.2) is 48.5 Å². The van der Waals surface area contributed by atoms with Crippen molar-refractivity contribution in [3.8, 4) is 0 Å². The Labute approximate surface area is 87.6 Å². The molecule has 0 rings (SSSR count). The molecule has 0 aromatic rings. The highest BCUT2D eigenvalue weighted by Crippen LogP contribution is 2.18. The van der Waals surface area contributed by atoms with Crippen LogP contribution in [0.4, 0.5) is 26.3 Å². The lowest BCUT2D eigenvalue weighted by molar-refractivity contribution is -0.219. The molecule has 16 heavy (non-hydrogen) atoms. The Hall–Kier alpha value is -0.540. The first-order valence-corrected chi connectivity index (χ1v) is 3.98. The Morgan fingerprint density at radius 2 is 1.25 bits per heavy atom. The van der Waals surface area contributed by atoms with Crippen LogP contribution in [0.25, 0.3) is 0 Å². The molecule has 0 aliphatic heterocycles. The molecule has 0 aliphatic carbocycles. The van der Waals surface area contributed by atoms with Gasteiger partial charge in [0.25, 0.3) is 0 Å². The molecule has 0 spiro atoms. The van der Waals surface area contributed by atoms with Crippen LogP contribution >= 0.6 is 0 Å². The van der Waals surface area contributed by atoms with Gasteiger partial charge in [0, 0.05) is 0 Å². The van der Waals surface area contributed by atoms with Crippen LogP contribution in [-0.2, 0) is 4.74 Å². The van der Waals surface area contributed by atoms with Crippen molar-refractivity contribution in [2.45, 2.75) is 25.4 Å². The Bertz CT molecular complexity index is 150. The highest BCUT2D eigenvalue weighted by atomic mass is 19.4. The van der Waals surface area contributed by atoms with Gasteiger partial charge < -0.3 is 14.9 Å². The van der Waals surface area contributed by atoms with Crippen LogP contribution in [0.1, 0.15) is 6.92 Å². The lowest BCUT2D eigenvalue weighted by Gasteiger charge is -2.09. The zero-order chi connectivity index (χ0) is 13.4. The summed E-state index contributed by atoms with van der Waals surface area (Å²) in [5.41, 5.74) is 0. The van der Waals surface area contributed by atoms with E-state index < -0.39 is 31.7 Å². The topological polar surface area (TPSA) is 49.7 Å². The van der Waals surface area contributed by atoms with E-state index in [2.05, 4.69) is 4.74 Å². The number of rotatable bonds is 3. The van der Waals surface area contributed by atoms with E-state index in [9.17, 15) is 26.3 Å². The zero-order valence-electron chi connectivity index (χ0n) is 8.27. The van der Waals surface area contributed by atoms with Gasteiger partial charge in [-0.15, -0.1) is 0 Å². The summed E-state index contributed by atoms with van der Waals surface area (Å²) >= 11 is 0. The van der Waals surface area contributed by atoms with Crippen LogP contribution in [0.3, 0.4) is 0 Å². The van der Waals surface area contributed by atoms with E-state index in [1.54, 1.807) is 0 Å². The molecule has 0 saturated heterocycles. The van der Waals surface area contributed by atoms with Crippen molar-refractivity contribution in [2.75, 3.05) is 19.8 Å². The first-order chi connectivity index (χ1) is 6.98. The van der Waals surface area contributed by atoms with Crippen LogP contribution in [0.2, 0.25) is 0 Å². The Balaban J connectivity index is 0. The van der Waals surface area contributed by atoms with E-state index in [1.165, 1.54) is 6.92 Å². The minimum atomic E-state index is -4.70. The largest absolute Gasteiger partial charge is 0.411 e. The minimum absolute atomic E-state index is 0.139. The predicted molar refractivity (Wildman–Crippen MR) is 41.7 cm³/mol. The third-order valence-corrected chi connectivity index (χ3v) is 0.796. The van der Waals surface area contributed by atoms with Gasteiger partial charge in [0.05, 0.1) is 12.7 Å². The molecule has 1 unspecified atom stereocenters. The predicted octanol–water partition coefficient (Wildman–Crippen LogP) is 1.49. The van der Waals surface area contributed by atoms with E-state index in [4.69, 9.17) is 10.2 Å². The fourth-order valence-corrected chi connectivity index (χ4v) is 0.282. The molecule has 0 radical (unpaired) electrons. The fraction of sp³-hybridized carbons (Fsp3) is 1.00. The van der Waals surface area contributed by atoms with Gasteiger partial charge in [-0.05, 0) is 6.92 Å². The summed E-state index contributed by atoms with van der Waals surface area (Å²) < 4.78 is 70.1. The van der Waals surface area contributed by atoms with Gasteiger partial charge in [-0.25, -0.2) is 0 Å². The lowest BCUT2D eigenvalue weighted by Crippen LogP contribution is -2.23. The fourth-order valence-electron chi connectivity index (χ4n) is 0.282. The summed E-state index contributed by atoms with van der Waals surface area (Å²) in [5, 5.41) is 16.0. The van der Waals surface area contributed by atoms with Crippen molar-refractivity contribution in [2.24, 2.45) is 0 Å². The number of hydrogen-bond acceptors (Lipinski definition) is 3. The molecule has 2 N–H and O–H groups in total. The number of halogens is 6. The molecule has 100 valence electrons. The van der Waals surface area contributed by atoms with Crippen molar-refractivity contribution in [1.29, 1.82) is 0 Å². The number of aliphatic hydroxyl groups is 2. The van der Waals surface area contributed by atoms with Gasteiger partial charge >= 0.3 is 12.4 Å². The van der Waals surface area contributed by atoms with Crippen LogP contribution in [0.5, 0.6) is 0 Å². The highest BCUT2D eigenvalue weighted by Gasteiger charge is 2.32. The van der Waals surface area contributed by atoms with E-state index in [1.807, 2.05) is 0 Å². The molecule has 0 aromatic carbocycles. The molecule has 0 saturated carbocycles.